The van der Waals surface area contributed by atoms with E-state index in [1.165, 1.54) is 24.0 Å². The number of nitrogens with two attached hydrogens (primary N) is 1. The topological polar surface area (TPSA) is 54.7 Å². The van der Waals surface area contributed by atoms with Crippen molar-refractivity contribution in [1.29, 1.82) is 0 Å². The maximum Gasteiger partial charge on any atom is 0.104 e. The maximum atomic E-state index is 5.94. The summed E-state index contributed by atoms with van der Waals surface area (Å²) in [7, 11) is 0. The molecule has 0 aliphatic heterocycles. The molecule has 0 spiro atoms. The molecular formula is C17H23N3. The van der Waals surface area contributed by atoms with Crippen molar-refractivity contribution in [3.63, 3.8) is 0 Å². The van der Waals surface area contributed by atoms with Gasteiger partial charge in [-0.25, -0.2) is 4.98 Å². The Kier molecular flexibility index (Phi) is 3.08. The van der Waals surface area contributed by atoms with Gasteiger partial charge in [-0.15, -0.1) is 0 Å². The number of aryl methyl sites for hydroxylation is 1. The van der Waals surface area contributed by atoms with Crippen LogP contribution in [0.15, 0.2) is 30.0 Å². The number of hydrogen-bond donors (Lipinski definition) is 2. The minimum absolute atomic E-state index is 0.00581. The monoisotopic (exact) mass is 269 g/mol. The molecule has 1 fully saturated rings. The van der Waals surface area contributed by atoms with Gasteiger partial charge in [0, 0.05) is 5.41 Å². The van der Waals surface area contributed by atoms with Crippen LogP contribution in [-0.2, 0) is 5.41 Å². The average molecular weight is 269 g/mol. The second-order valence-electron chi connectivity index (χ2n) is 6.21. The van der Waals surface area contributed by atoms with E-state index in [9.17, 15) is 0 Å². The molecule has 3 rings (SSSR count). The van der Waals surface area contributed by atoms with Gasteiger partial charge >= 0.3 is 0 Å². The van der Waals surface area contributed by atoms with Gasteiger partial charge in [-0.2, -0.15) is 0 Å². The van der Waals surface area contributed by atoms with E-state index < -0.39 is 0 Å². The molecule has 1 aromatic carbocycles. The van der Waals surface area contributed by atoms with Crippen molar-refractivity contribution in [2.45, 2.75) is 45.4 Å². The van der Waals surface area contributed by atoms with Crippen molar-refractivity contribution >= 4 is 11.0 Å². The van der Waals surface area contributed by atoms with Gasteiger partial charge in [0.15, 0.2) is 0 Å². The number of aromatic nitrogens is 2. The molecule has 1 heterocycles. The quantitative estimate of drug-likeness (QED) is 0.827. The minimum atomic E-state index is -0.00581. The largest absolute Gasteiger partial charge is 0.405 e. The fourth-order valence-corrected chi connectivity index (χ4v) is 3.73. The number of nitrogens with zero attached hydrogens (tertiary/aromatic N) is 1. The molecule has 0 saturated heterocycles. The highest BCUT2D eigenvalue weighted by atomic mass is 14.9. The van der Waals surface area contributed by atoms with Gasteiger partial charge in [-0.3, -0.25) is 0 Å². The Labute approximate surface area is 120 Å². The zero-order valence-corrected chi connectivity index (χ0v) is 12.5. The summed E-state index contributed by atoms with van der Waals surface area (Å²) in [6.07, 6.45) is 5.40. The summed E-state index contributed by atoms with van der Waals surface area (Å²) in [6.45, 7) is 6.67. The second kappa shape index (κ2) is 4.65. The van der Waals surface area contributed by atoms with Gasteiger partial charge in [-0.05, 0) is 55.5 Å². The fraction of sp³-hybridized carbons (Fsp3) is 0.471. The predicted octanol–water partition coefficient (Wildman–Crippen LogP) is 3.79. The molecule has 2 aromatic rings. The standard InChI is InChI=1S/C17H23N3/c1-11-6-4-7-13(10-18)17(11,3)14-8-5-9-15-16(14)20-12(2)19-15/h5,8-11H,4,6-7,18H2,1-3H3,(H,19,20)/b13-10+. The Morgan fingerprint density at radius 2 is 2.25 bits per heavy atom. The molecule has 0 bridgehead atoms. The number of para-hydroxylation sites is 1. The van der Waals surface area contributed by atoms with E-state index in [1.54, 1.807) is 0 Å². The Balaban J connectivity index is 2.26. The van der Waals surface area contributed by atoms with Crippen LogP contribution in [0, 0.1) is 12.8 Å². The van der Waals surface area contributed by atoms with Crippen LogP contribution in [0.3, 0.4) is 0 Å². The number of imidazole rings is 1. The minimum Gasteiger partial charge on any atom is -0.405 e. The lowest BCUT2D eigenvalue weighted by Gasteiger charge is -2.42. The number of benzene rings is 1. The van der Waals surface area contributed by atoms with Crippen LogP contribution >= 0.6 is 0 Å². The van der Waals surface area contributed by atoms with Gasteiger partial charge in [0.05, 0.1) is 11.0 Å². The Hall–Kier alpha value is -1.77. The van der Waals surface area contributed by atoms with Crippen LogP contribution in [0.25, 0.3) is 11.0 Å². The summed E-state index contributed by atoms with van der Waals surface area (Å²) < 4.78 is 0. The molecule has 0 radical (unpaired) electrons. The first kappa shape index (κ1) is 13.2. The number of nitrogens with one attached hydrogen (secondary N) is 1. The molecule has 3 heteroatoms. The van der Waals surface area contributed by atoms with Crippen LogP contribution < -0.4 is 5.73 Å². The van der Waals surface area contributed by atoms with E-state index in [4.69, 9.17) is 10.7 Å². The van der Waals surface area contributed by atoms with Crippen molar-refractivity contribution in [3.05, 3.63) is 41.4 Å². The smallest absolute Gasteiger partial charge is 0.104 e. The summed E-state index contributed by atoms with van der Waals surface area (Å²) in [4.78, 5) is 8.05. The third-order valence-electron chi connectivity index (χ3n) is 5.13. The van der Waals surface area contributed by atoms with Crippen LogP contribution in [0.2, 0.25) is 0 Å². The van der Waals surface area contributed by atoms with Crippen molar-refractivity contribution in [3.8, 4) is 0 Å². The number of H-pyrrole nitrogens is 1. The third-order valence-corrected chi connectivity index (χ3v) is 5.13. The highest BCUT2D eigenvalue weighted by Gasteiger charge is 2.40. The number of allylic oxidation sites excluding steroid dienone is 1. The fourth-order valence-electron chi connectivity index (χ4n) is 3.73. The molecule has 1 aliphatic rings. The lowest BCUT2D eigenvalue weighted by atomic mass is 9.61. The molecular weight excluding hydrogens is 246 g/mol. The Morgan fingerprint density at radius 1 is 1.45 bits per heavy atom. The molecule has 106 valence electrons. The van der Waals surface area contributed by atoms with E-state index in [2.05, 4.69) is 37.0 Å². The Morgan fingerprint density at radius 3 is 3.00 bits per heavy atom. The summed E-state index contributed by atoms with van der Waals surface area (Å²) in [6, 6.07) is 6.44. The van der Waals surface area contributed by atoms with E-state index in [-0.39, 0.29) is 5.41 Å². The molecule has 1 aliphatic carbocycles. The Bertz CT molecular complexity index is 668. The SMILES string of the molecule is Cc1nc2c(C3(C)/C(=C/N)CCCC3C)cccc2[nH]1. The zero-order valence-electron chi connectivity index (χ0n) is 12.5. The molecule has 0 amide bonds. The first-order valence-electron chi connectivity index (χ1n) is 7.44. The van der Waals surface area contributed by atoms with Crippen LogP contribution in [0.5, 0.6) is 0 Å². The summed E-state index contributed by atoms with van der Waals surface area (Å²) in [5.41, 5.74) is 10.8. The van der Waals surface area contributed by atoms with Gasteiger partial charge in [0.25, 0.3) is 0 Å². The molecule has 2 atom stereocenters. The maximum absolute atomic E-state index is 5.94. The number of rotatable bonds is 1. The van der Waals surface area contributed by atoms with Crippen molar-refractivity contribution in [2.24, 2.45) is 11.7 Å². The summed E-state index contributed by atoms with van der Waals surface area (Å²) in [5, 5.41) is 0. The predicted molar refractivity (Wildman–Crippen MR) is 83.5 cm³/mol. The number of fused-ring (bicyclic) bond motifs is 1. The van der Waals surface area contributed by atoms with Crippen LogP contribution in [0.4, 0.5) is 0 Å². The molecule has 1 aromatic heterocycles. The van der Waals surface area contributed by atoms with Crippen molar-refractivity contribution in [1.82, 2.24) is 9.97 Å². The van der Waals surface area contributed by atoms with Gasteiger partial charge in [0.1, 0.15) is 5.82 Å². The zero-order chi connectivity index (χ0) is 14.3. The molecule has 2 unspecified atom stereocenters. The highest BCUT2D eigenvalue weighted by molar-refractivity contribution is 5.80. The van der Waals surface area contributed by atoms with E-state index in [0.717, 1.165) is 23.3 Å². The van der Waals surface area contributed by atoms with Crippen molar-refractivity contribution < 1.29 is 0 Å². The van der Waals surface area contributed by atoms with E-state index in [1.807, 2.05) is 13.1 Å². The summed E-state index contributed by atoms with van der Waals surface area (Å²) in [5.74, 6) is 1.55. The number of hydrogen-bond acceptors (Lipinski definition) is 2. The average Bonchev–Trinajstić information content (AvgIpc) is 2.81. The molecule has 3 nitrogen and oxygen atoms in total. The molecule has 20 heavy (non-hydrogen) atoms. The first-order chi connectivity index (χ1) is 9.57. The number of aromatic amines is 1. The lowest BCUT2D eigenvalue weighted by Crippen LogP contribution is -2.36. The van der Waals surface area contributed by atoms with Crippen LogP contribution in [-0.4, -0.2) is 9.97 Å². The first-order valence-corrected chi connectivity index (χ1v) is 7.44. The molecule has 1 saturated carbocycles. The van der Waals surface area contributed by atoms with E-state index >= 15 is 0 Å². The van der Waals surface area contributed by atoms with Gasteiger partial charge in [-0.1, -0.05) is 26.0 Å². The van der Waals surface area contributed by atoms with E-state index in [0.29, 0.717) is 5.92 Å². The third kappa shape index (κ3) is 1.76. The normalized spacial score (nSPS) is 29.1. The lowest BCUT2D eigenvalue weighted by molar-refractivity contribution is 0.294. The molecule has 3 N–H and O–H groups in total. The summed E-state index contributed by atoms with van der Waals surface area (Å²) >= 11 is 0. The second-order valence-corrected chi connectivity index (χ2v) is 6.21. The van der Waals surface area contributed by atoms with Gasteiger partial charge in [0.2, 0.25) is 0 Å². The highest BCUT2D eigenvalue weighted by Crippen LogP contribution is 2.48. The van der Waals surface area contributed by atoms with Crippen molar-refractivity contribution in [2.75, 3.05) is 0 Å². The van der Waals surface area contributed by atoms with Gasteiger partial charge < -0.3 is 10.7 Å². The van der Waals surface area contributed by atoms with Crippen LogP contribution in [0.1, 0.15) is 44.5 Å².